The van der Waals surface area contributed by atoms with Crippen molar-refractivity contribution in [1.29, 1.82) is 0 Å². The summed E-state index contributed by atoms with van der Waals surface area (Å²) < 4.78 is 0. The average molecular weight is 120 g/mol. The van der Waals surface area contributed by atoms with Gasteiger partial charge in [-0.25, -0.2) is 4.79 Å². The number of hydrogen-bond acceptors (Lipinski definition) is 2. The summed E-state index contributed by atoms with van der Waals surface area (Å²) in [6, 6.07) is 0. The zero-order chi connectivity index (χ0) is 5.86. The summed E-state index contributed by atoms with van der Waals surface area (Å²) in [5.74, 6) is -2.08. The summed E-state index contributed by atoms with van der Waals surface area (Å²) >= 11 is 0. The SMILES string of the molecule is CCC(=O)C(=O)O.O. The number of carbonyl (C=O) groups excluding carboxylic acids is 1. The Kier molecular flexibility index (Phi) is 5.41. The molecule has 4 nitrogen and oxygen atoms in total. The fourth-order valence-corrected chi connectivity index (χ4v) is 0.151. The summed E-state index contributed by atoms with van der Waals surface area (Å²) in [5, 5.41) is 7.83. The van der Waals surface area contributed by atoms with E-state index in [1.165, 1.54) is 6.92 Å². The first kappa shape index (κ1) is 10.2. The van der Waals surface area contributed by atoms with Crippen LogP contribution >= 0.6 is 0 Å². The standard InChI is InChI=1S/C4H6O3.H2O/c1-2-3(5)4(6)7;/h2H2,1H3,(H,6,7);1H2. The van der Waals surface area contributed by atoms with Crippen molar-refractivity contribution in [2.45, 2.75) is 13.3 Å². The normalized spacial score (nSPS) is 7.12. The van der Waals surface area contributed by atoms with E-state index in [1.807, 2.05) is 0 Å². The molecule has 0 heterocycles. The van der Waals surface area contributed by atoms with Crippen LogP contribution in [0.1, 0.15) is 13.3 Å². The van der Waals surface area contributed by atoms with Gasteiger partial charge in [-0.2, -0.15) is 0 Å². The van der Waals surface area contributed by atoms with Crippen LogP contribution in [0.15, 0.2) is 0 Å². The van der Waals surface area contributed by atoms with Crippen LogP contribution in [-0.2, 0) is 9.59 Å². The van der Waals surface area contributed by atoms with E-state index >= 15 is 0 Å². The van der Waals surface area contributed by atoms with E-state index < -0.39 is 11.8 Å². The molecule has 0 radical (unpaired) electrons. The van der Waals surface area contributed by atoms with Crippen molar-refractivity contribution < 1.29 is 20.2 Å². The largest absolute Gasteiger partial charge is 0.476 e. The van der Waals surface area contributed by atoms with Crippen molar-refractivity contribution >= 4 is 11.8 Å². The first-order chi connectivity index (χ1) is 3.18. The topological polar surface area (TPSA) is 85.9 Å². The maximum absolute atomic E-state index is 9.91. The van der Waals surface area contributed by atoms with Crippen LogP contribution in [0.3, 0.4) is 0 Å². The van der Waals surface area contributed by atoms with Crippen LogP contribution in [0.5, 0.6) is 0 Å². The van der Waals surface area contributed by atoms with Crippen molar-refractivity contribution in [2.75, 3.05) is 0 Å². The second kappa shape index (κ2) is 4.26. The van der Waals surface area contributed by atoms with Gasteiger partial charge in [0.05, 0.1) is 0 Å². The van der Waals surface area contributed by atoms with Crippen LogP contribution in [-0.4, -0.2) is 22.3 Å². The van der Waals surface area contributed by atoms with Gasteiger partial charge in [-0.05, 0) is 0 Å². The highest BCUT2D eigenvalue weighted by atomic mass is 16.4. The molecule has 0 rings (SSSR count). The summed E-state index contributed by atoms with van der Waals surface area (Å²) in [7, 11) is 0. The van der Waals surface area contributed by atoms with E-state index in [-0.39, 0.29) is 11.9 Å². The van der Waals surface area contributed by atoms with Crippen LogP contribution in [0.2, 0.25) is 0 Å². The van der Waals surface area contributed by atoms with Gasteiger partial charge in [0, 0.05) is 6.42 Å². The molecule has 0 aromatic carbocycles. The first-order valence-electron chi connectivity index (χ1n) is 1.94. The van der Waals surface area contributed by atoms with Crippen LogP contribution in [0, 0.1) is 0 Å². The van der Waals surface area contributed by atoms with Crippen molar-refractivity contribution in [3.05, 3.63) is 0 Å². The number of aliphatic carboxylic acids is 1. The maximum Gasteiger partial charge on any atom is 0.372 e. The summed E-state index contributed by atoms with van der Waals surface area (Å²) in [4.78, 5) is 19.5. The summed E-state index contributed by atoms with van der Waals surface area (Å²) in [6.07, 6.45) is 0.0787. The average Bonchev–Trinajstić information content (AvgIpc) is 1.65. The predicted octanol–water partition coefficient (Wildman–Crippen LogP) is -0.775. The predicted molar refractivity (Wildman–Crippen MR) is 26.5 cm³/mol. The Morgan fingerprint density at radius 1 is 1.50 bits per heavy atom. The second-order valence-electron chi connectivity index (χ2n) is 1.08. The molecule has 0 aliphatic heterocycles. The number of ketones is 1. The zero-order valence-electron chi connectivity index (χ0n) is 4.47. The molecule has 8 heavy (non-hydrogen) atoms. The van der Waals surface area contributed by atoms with Gasteiger partial charge in [-0.15, -0.1) is 0 Å². The molecule has 0 aromatic heterocycles. The Labute approximate surface area is 46.4 Å². The minimum Gasteiger partial charge on any atom is -0.476 e. The van der Waals surface area contributed by atoms with Crippen molar-refractivity contribution in [1.82, 2.24) is 0 Å². The minimum absolute atomic E-state index is 0. The quantitative estimate of drug-likeness (QED) is 0.485. The summed E-state index contributed by atoms with van der Waals surface area (Å²) in [6.45, 7) is 1.51. The van der Waals surface area contributed by atoms with Gasteiger partial charge in [-0.1, -0.05) is 6.92 Å². The molecule has 0 saturated carbocycles. The van der Waals surface area contributed by atoms with Gasteiger partial charge in [0.25, 0.3) is 0 Å². The molecule has 48 valence electrons. The molecule has 0 amide bonds. The lowest BCUT2D eigenvalue weighted by molar-refractivity contribution is -0.148. The highest BCUT2D eigenvalue weighted by Gasteiger charge is 2.05. The maximum atomic E-state index is 9.91. The second-order valence-corrected chi connectivity index (χ2v) is 1.08. The van der Waals surface area contributed by atoms with Gasteiger partial charge in [-0.3, -0.25) is 4.79 Å². The van der Waals surface area contributed by atoms with E-state index in [2.05, 4.69) is 0 Å². The molecule has 0 bridgehead atoms. The molecule has 0 fully saturated rings. The molecule has 0 spiro atoms. The third kappa shape index (κ3) is 3.30. The summed E-state index contributed by atoms with van der Waals surface area (Å²) in [5.41, 5.74) is 0. The third-order valence-electron chi connectivity index (χ3n) is 0.560. The van der Waals surface area contributed by atoms with Crippen LogP contribution in [0.25, 0.3) is 0 Å². The fourth-order valence-electron chi connectivity index (χ4n) is 0.151. The van der Waals surface area contributed by atoms with E-state index in [0.29, 0.717) is 0 Å². The Morgan fingerprint density at radius 2 is 1.88 bits per heavy atom. The minimum atomic E-state index is -1.34. The van der Waals surface area contributed by atoms with E-state index in [9.17, 15) is 9.59 Å². The highest BCUT2D eigenvalue weighted by molar-refractivity contribution is 6.32. The molecule has 0 aromatic rings. The molecule has 3 N–H and O–H groups in total. The Bertz CT molecular complexity index is 96.2. The number of carbonyl (C=O) groups is 2. The lowest BCUT2D eigenvalue weighted by Crippen LogP contribution is -2.09. The van der Waals surface area contributed by atoms with Crippen molar-refractivity contribution in [3.63, 3.8) is 0 Å². The molecule has 0 saturated heterocycles. The van der Waals surface area contributed by atoms with Gasteiger partial charge >= 0.3 is 5.97 Å². The number of rotatable bonds is 2. The molecule has 0 unspecified atom stereocenters. The smallest absolute Gasteiger partial charge is 0.372 e. The monoisotopic (exact) mass is 120 g/mol. The molecule has 0 aliphatic rings. The number of hydrogen-bond donors (Lipinski definition) is 1. The Balaban J connectivity index is 0. The van der Waals surface area contributed by atoms with Crippen molar-refractivity contribution in [3.8, 4) is 0 Å². The third-order valence-corrected chi connectivity index (χ3v) is 0.560. The van der Waals surface area contributed by atoms with Crippen LogP contribution < -0.4 is 0 Å². The van der Waals surface area contributed by atoms with Gasteiger partial charge < -0.3 is 10.6 Å². The van der Waals surface area contributed by atoms with Gasteiger partial charge in [0.2, 0.25) is 5.78 Å². The fraction of sp³-hybridized carbons (Fsp3) is 0.500. The molecule has 0 atom stereocenters. The van der Waals surface area contributed by atoms with E-state index in [1.54, 1.807) is 0 Å². The molecule has 0 aliphatic carbocycles. The number of carboxylic acid groups (broad SMARTS) is 1. The number of Topliss-reactive ketones (excluding diaryl/α,β-unsaturated/α-hetero) is 1. The Morgan fingerprint density at radius 3 is 1.88 bits per heavy atom. The highest BCUT2D eigenvalue weighted by Crippen LogP contribution is 1.76. The Hall–Kier alpha value is -0.900. The number of carboxylic acids is 1. The zero-order valence-corrected chi connectivity index (χ0v) is 4.47. The van der Waals surface area contributed by atoms with Crippen molar-refractivity contribution in [2.24, 2.45) is 0 Å². The molecule has 4 heteroatoms. The van der Waals surface area contributed by atoms with Gasteiger partial charge in [0.1, 0.15) is 0 Å². The van der Waals surface area contributed by atoms with E-state index in [4.69, 9.17) is 5.11 Å². The lowest BCUT2D eigenvalue weighted by atomic mass is 10.3. The van der Waals surface area contributed by atoms with Crippen LogP contribution in [0.4, 0.5) is 0 Å². The molecular formula is C4H8O4. The lowest BCUT2D eigenvalue weighted by Gasteiger charge is -1.80. The first-order valence-corrected chi connectivity index (χ1v) is 1.94. The van der Waals surface area contributed by atoms with E-state index in [0.717, 1.165) is 0 Å². The van der Waals surface area contributed by atoms with Gasteiger partial charge in [0.15, 0.2) is 0 Å². The molecular weight excluding hydrogens is 112 g/mol.